The summed E-state index contributed by atoms with van der Waals surface area (Å²) in [6.45, 7) is 4.20. The first-order valence-electron chi connectivity index (χ1n) is 8.42. The summed E-state index contributed by atoms with van der Waals surface area (Å²) in [4.78, 5) is 11.4. The number of ether oxygens (including phenoxy) is 5. The Morgan fingerprint density at radius 1 is 0.821 bits per heavy atom. The molecule has 0 aliphatic rings. The van der Waals surface area contributed by atoms with Crippen molar-refractivity contribution in [2.24, 2.45) is 0 Å². The first-order valence-corrected chi connectivity index (χ1v) is 8.42. The standard InChI is InChI=1S/C22H24O6/c1-14(17-12-19(25-3)22(28-6)20(13-17)26-4)15-7-9-18(24-2)16(11-15)8-10-21(23)27-5/h7-13H,1H2,2-6H3/b10-8+. The van der Waals surface area contributed by atoms with E-state index in [9.17, 15) is 4.79 Å². The van der Waals surface area contributed by atoms with Crippen LogP contribution in [0.2, 0.25) is 0 Å². The van der Waals surface area contributed by atoms with Gasteiger partial charge in [-0.2, -0.15) is 0 Å². The predicted octanol–water partition coefficient (Wildman–Crippen LogP) is 3.97. The molecule has 0 aliphatic heterocycles. The van der Waals surface area contributed by atoms with Crippen LogP contribution in [0.1, 0.15) is 16.7 Å². The van der Waals surface area contributed by atoms with Gasteiger partial charge in [0, 0.05) is 11.6 Å². The van der Waals surface area contributed by atoms with Gasteiger partial charge in [0.15, 0.2) is 11.5 Å². The number of esters is 1. The van der Waals surface area contributed by atoms with Crippen LogP contribution in [0, 0.1) is 0 Å². The largest absolute Gasteiger partial charge is 0.496 e. The first-order chi connectivity index (χ1) is 13.5. The van der Waals surface area contributed by atoms with Gasteiger partial charge in [0.1, 0.15) is 5.75 Å². The lowest BCUT2D eigenvalue weighted by Gasteiger charge is -2.16. The monoisotopic (exact) mass is 384 g/mol. The highest BCUT2D eigenvalue weighted by Crippen LogP contribution is 2.41. The van der Waals surface area contributed by atoms with Gasteiger partial charge in [0.25, 0.3) is 0 Å². The van der Waals surface area contributed by atoms with Crippen molar-refractivity contribution < 1.29 is 28.5 Å². The lowest BCUT2D eigenvalue weighted by molar-refractivity contribution is -0.134. The van der Waals surface area contributed by atoms with Crippen LogP contribution in [0.3, 0.4) is 0 Å². The predicted molar refractivity (Wildman–Crippen MR) is 108 cm³/mol. The molecule has 0 saturated heterocycles. The molecule has 0 unspecified atom stereocenters. The minimum Gasteiger partial charge on any atom is -0.496 e. The summed E-state index contributed by atoms with van der Waals surface area (Å²) in [5, 5.41) is 0. The van der Waals surface area contributed by atoms with Crippen LogP contribution in [-0.4, -0.2) is 41.5 Å². The van der Waals surface area contributed by atoms with Gasteiger partial charge in [0.2, 0.25) is 5.75 Å². The van der Waals surface area contributed by atoms with Crippen LogP contribution in [-0.2, 0) is 9.53 Å². The Balaban J connectivity index is 2.49. The molecule has 2 aromatic carbocycles. The summed E-state index contributed by atoms with van der Waals surface area (Å²) in [5.74, 6) is 1.77. The van der Waals surface area contributed by atoms with Crippen molar-refractivity contribution in [1.29, 1.82) is 0 Å². The fraction of sp³-hybridized carbons (Fsp3) is 0.227. The molecule has 28 heavy (non-hydrogen) atoms. The molecule has 0 spiro atoms. The molecule has 148 valence electrons. The highest BCUT2D eigenvalue weighted by Gasteiger charge is 2.16. The molecule has 0 amide bonds. The molecule has 0 radical (unpaired) electrons. The zero-order valence-electron chi connectivity index (χ0n) is 16.7. The molecule has 0 aromatic heterocycles. The van der Waals surface area contributed by atoms with E-state index in [0.29, 0.717) is 23.0 Å². The van der Waals surface area contributed by atoms with Crippen LogP contribution in [0.5, 0.6) is 23.0 Å². The fourth-order valence-electron chi connectivity index (χ4n) is 2.70. The van der Waals surface area contributed by atoms with Crippen molar-refractivity contribution in [1.82, 2.24) is 0 Å². The van der Waals surface area contributed by atoms with E-state index in [-0.39, 0.29) is 0 Å². The van der Waals surface area contributed by atoms with Gasteiger partial charge in [-0.1, -0.05) is 12.6 Å². The molecule has 0 aliphatic carbocycles. The molecule has 0 heterocycles. The average molecular weight is 384 g/mol. The Hall–Kier alpha value is -3.41. The summed E-state index contributed by atoms with van der Waals surface area (Å²) in [7, 11) is 7.57. The minimum absolute atomic E-state index is 0.448. The Morgan fingerprint density at radius 3 is 1.93 bits per heavy atom. The van der Waals surface area contributed by atoms with E-state index >= 15 is 0 Å². The highest BCUT2D eigenvalue weighted by molar-refractivity contribution is 5.88. The second-order valence-electron chi connectivity index (χ2n) is 5.71. The minimum atomic E-state index is -0.448. The van der Waals surface area contributed by atoms with Gasteiger partial charge < -0.3 is 23.7 Å². The quantitative estimate of drug-likeness (QED) is 0.507. The molecule has 6 heteroatoms. The Morgan fingerprint density at radius 2 is 1.43 bits per heavy atom. The van der Waals surface area contributed by atoms with Gasteiger partial charge in [0.05, 0.1) is 35.5 Å². The summed E-state index contributed by atoms with van der Waals surface area (Å²) >= 11 is 0. The second kappa shape index (κ2) is 9.50. The lowest BCUT2D eigenvalue weighted by Crippen LogP contribution is -1.98. The number of carbonyl (C=O) groups excluding carboxylic acids is 1. The second-order valence-corrected chi connectivity index (χ2v) is 5.71. The summed E-state index contributed by atoms with van der Waals surface area (Å²) < 4.78 is 26.2. The molecule has 0 bridgehead atoms. The van der Waals surface area contributed by atoms with Crippen LogP contribution in [0.4, 0.5) is 0 Å². The number of hydrogen-bond donors (Lipinski definition) is 0. The Kier molecular flexibility index (Phi) is 7.09. The van der Waals surface area contributed by atoms with E-state index in [2.05, 4.69) is 11.3 Å². The third-order valence-corrected chi connectivity index (χ3v) is 4.19. The maximum Gasteiger partial charge on any atom is 0.330 e. The topological polar surface area (TPSA) is 63.2 Å². The molecule has 0 N–H and O–H groups in total. The lowest BCUT2D eigenvalue weighted by atomic mass is 9.96. The van der Waals surface area contributed by atoms with Gasteiger partial charge in [-0.25, -0.2) is 4.79 Å². The molecule has 0 saturated carbocycles. The maximum atomic E-state index is 11.4. The normalized spacial score (nSPS) is 10.5. The van der Waals surface area contributed by atoms with Crippen LogP contribution in [0.25, 0.3) is 11.6 Å². The summed E-state index contributed by atoms with van der Waals surface area (Å²) in [6, 6.07) is 9.24. The SMILES string of the molecule is C=C(c1ccc(OC)c(/C=C/C(=O)OC)c1)c1cc(OC)c(OC)c(OC)c1. The maximum absolute atomic E-state index is 11.4. The van der Waals surface area contributed by atoms with Gasteiger partial charge in [-0.15, -0.1) is 0 Å². The smallest absolute Gasteiger partial charge is 0.330 e. The van der Waals surface area contributed by atoms with E-state index in [1.54, 1.807) is 34.5 Å². The van der Waals surface area contributed by atoms with Gasteiger partial charge >= 0.3 is 5.97 Å². The van der Waals surface area contributed by atoms with Crippen LogP contribution >= 0.6 is 0 Å². The molecule has 0 fully saturated rings. The van der Waals surface area contributed by atoms with E-state index in [0.717, 1.165) is 22.3 Å². The highest BCUT2D eigenvalue weighted by atomic mass is 16.5. The number of rotatable bonds is 8. The number of benzene rings is 2. The molecule has 0 atom stereocenters. The summed E-state index contributed by atoms with van der Waals surface area (Å²) in [5.41, 5.74) is 3.12. The van der Waals surface area contributed by atoms with E-state index in [4.69, 9.17) is 18.9 Å². The van der Waals surface area contributed by atoms with Crippen LogP contribution < -0.4 is 18.9 Å². The van der Waals surface area contributed by atoms with Crippen molar-refractivity contribution in [3.63, 3.8) is 0 Å². The third-order valence-electron chi connectivity index (χ3n) is 4.19. The Labute approximate surface area is 164 Å². The van der Waals surface area contributed by atoms with E-state index in [1.807, 2.05) is 30.3 Å². The molecular weight excluding hydrogens is 360 g/mol. The zero-order valence-corrected chi connectivity index (χ0v) is 16.7. The number of carbonyl (C=O) groups is 1. The van der Waals surface area contributed by atoms with Gasteiger partial charge in [-0.3, -0.25) is 0 Å². The first kappa shape index (κ1) is 20.9. The number of hydrogen-bond acceptors (Lipinski definition) is 6. The van der Waals surface area contributed by atoms with Crippen molar-refractivity contribution in [3.05, 3.63) is 59.7 Å². The average Bonchev–Trinajstić information content (AvgIpc) is 2.75. The summed E-state index contributed by atoms with van der Waals surface area (Å²) in [6.07, 6.45) is 2.97. The Bertz CT molecular complexity index is 873. The molecule has 2 aromatic rings. The fourth-order valence-corrected chi connectivity index (χ4v) is 2.70. The van der Waals surface area contributed by atoms with Crippen molar-refractivity contribution in [2.75, 3.05) is 35.5 Å². The number of methoxy groups -OCH3 is 5. The van der Waals surface area contributed by atoms with Crippen molar-refractivity contribution >= 4 is 17.6 Å². The third kappa shape index (κ3) is 4.46. The molecule has 6 nitrogen and oxygen atoms in total. The van der Waals surface area contributed by atoms with E-state index in [1.165, 1.54) is 13.2 Å². The van der Waals surface area contributed by atoms with E-state index < -0.39 is 5.97 Å². The van der Waals surface area contributed by atoms with Crippen molar-refractivity contribution in [3.8, 4) is 23.0 Å². The van der Waals surface area contributed by atoms with Crippen LogP contribution in [0.15, 0.2) is 43.0 Å². The van der Waals surface area contributed by atoms with Gasteiger partial charge in [-0.05, 0) is 47.0 Å². The zero-order chi connectivity index (χ0) is 20.7. The molecule has 2 rings (SSSR count). The molecular formula is C22H24O6. The van der Waals surface area contributed by atoms with Crippen molar-refractivity contribution in [2.45, 2.75) is 0 Å².